The van der Waals surface area contributed by atoms with Gasteiger partial charge < -0.3 is 9.30 Å². The van der Waals surface area contributed by atoms with Crippen LogP contribution in [0.3, 0.4) is 0 Å². The highest BCUT2D eigenvalue weighted by Gasteiger charge is 2.19. The predicted molar refractivity (Wildman–Crippen MR) is 122 cm³/mol. The van der Waals surface area contributed by atoms with Crippen LogP contribution in [-0.2, 0) is 13.7 Å². The van der Waals surface area contributed by atoms with Crippen molar-refractivity contribution < 1.29 is 4.74 Å². The van der Waals surface area contributed by atoms with Gasteiger partial charge in [-0.1, -0.05) is 30.4 Å². The molecule has 3 aromatic rings. The molecule has 0 bridgehead atoms. The maximum atomic E-state index is 5.87. The number of aryl methyl sites for hydroxylation is 2. The summed E-state index contributed by atoms with van der Waals surface area (Å²) < 4.78 is 7.98. The van der Waals surface area contributed by atoms with Gasteiger partial charge in [0.25, 0.3) is 0 Å². The molecule has 30 heavy (non-hydrogen) atoms. The first kappa shape index (κ1) is 20.1. The lowest BCUT2D eigenvalue weighted by Gasteiger charge is -2.09. The van der Waals surface area contributed by atoms with Crippen LogP contribution in [-0.4, -0.2) is 21.6 Å². The van der Waals surface area contributed by atoms with Crippen LogP contribution in [0.15, 0.2) is 73.1 Å². The van der Waals surface area contributed by atoms with Crippen molar-refractivity contribution in [3.05, 3.63) is 95.6 Å². The minimum Gasteiger partial charge on any atom is -0.487 e. The number of rotatable bonds is 7. The third-order valence-electron chi connectivity index (χ3n) is 5.31. The summed E-state index contributed by atoms with van der Waals surface area (Å²) in [5, 5.41) is 0. The first-order valence-electron chi connectivity index (χ1n) is 10.3. The van der Waals surface area contributed by atoms with E-state index in [1.807, 2.05) is 24.3 Å². The van der Waals surface area contributed by atoms with Crippen molar-refractivity contribution in [3.63, 3.8) is 0 Å². The van der Waals surface area contributed by atoms with E-state index in [0.29, 0.717) is 18.7 Å². The second kappa shape index (κ2) is 9.57. The van der Waals surface area contributed by atoms with Gasteiger partial charge in [-0.15, -0.1) is 0 Å². The highest BCUT2D eigenvalue weighted by atomic mass is 16.5. The minimum absolute atomic E-state index is 0.299. The fraction of sp³-hybridized carbons (Fsp3) is 0.240. The maximum Gasteiger partial charge on any atom is 0.130 e. The molecule has 2 aromatic heterocycles. The third-order valence-corrected chi connectivity index (χ3v) is 5.31. The van der Waals surface area contributed by atoms with Crippen molar-refractivity contribution in [2.45, 2.75) is 32.0 Å². The molecule has 2 N–H and O–H groups in total. The molecule has 1 aromatic carbocycles. The standard InChI is InChI=1S/C25H28N4O/c1-19-16-25(30-18-23-6-3-4-14-26-23)13-9-20(19)8-10-21-17-22(28-27-21)11-12-24-7-5-15-29(24)2/h3-16,21-22,27-28H,17-18H2,1-2H3/b10-8+,12-11+. The van der Waals surface area contributed by atoms with Crippen LogP contribution in [0.25, 0.3) is 12.2 Å². The average molecular weight is 401 g/mol. The average Bonchev–Trinajstić information content (AvgIpc) is 3.39. The van der Waals surface area contributed by atoms with E-state index in [4.69, 9.17) is 4.74 Å². The largest absolute Gasteiger partial charge is 0.487 e. The summed E-state index contributed by atoms with van der Waals surface area (Å²) in [6.45, 7) is 2.59. The summed E-state index contributed by atoms with van der Waals surface area (Å²) in [6.07, 6.45) is 13.6. The topological polar surface area (TPSA) is 51.1 Å². The van der Waals surface area contributed by atoms with Gasteiger partial charge in [0.15, 0.2) is 0 Å². The molecule has 2 unspecified atom stereocenters. The quantitative estimate of drug-likeness (QED) is 0.622. The molecule has 1 saturated heterocycles. The zero-order valence-corrected chi connectivity index (χ0v) is 17.5. The molecule has 2 atom stereocenters. The number of nitrogens with zero attached hydrogens (tertiary/aromatic N) is 2. The number of pyridine rings is 1. The molecule has 0 aliphatic carbocycles. The summed E-state index contributed by atoms with van der Waals surface area (Å²) in [4.78, 5) is 4.29. The maximum absolute atomic E-state index is 5.87. The monoisotopic (exact) mass is 400 g/mol. The summed E-state index contributed by atoms with van der Waals surface area (Å²) in [7, 11) is 2.06. The second-order valence-corrected chi connectivity index (χ2v) is 7.63. The Morgan fingerprint density at radius 2 is 1.90 bits per heavy atom. The number of ether oxygens (including phenoxy) is 1. The zero-order valence-electron chi connectivity index (χ0n) is 17.5. The normalized spacial score (nSPS) is 19.1. The molecule has 5 heteroatoms. The van der Waals surface area contributed by atoms with Gasteiger partial charge in [0.05, 0.1) is 5.69 Å². The molecule has 4 rings (SSSR count). The molecule has 3 heterocycles. The Morgan fingerprint density at radius 1 is 1.07 bits per heavy atom. The first-order valence-corrected chi connectivity index (χ1v) is 10.3. The number of benzene rings is 1. The Bertz CT molecular complexity index is 1020. The van der Waals surface area contributed by atoms with E-state index in [2.05, 4.69) is 89.1 Å². The minimum atomic E-state index is 0.299. The number of nitrogens with one attached hydrogen (secondary N) is 2. The number of aromatic nitrogens is 2. The van der Waals surface area contributed by atoms with Crippen molar-refractivity contribution in [1.29, 1.82) is 0 Å². The lowest BCUT2D eigenvalue weighted by atomic mass is 10.0. The number of hydrazine groups is 1. The van der Waals surface area contributed by atoms with Gasteiger partial charge in [0.1, 0.15) is 12.4 Å². The molecule has 5 nitrogen and oxygen atoms in total. The summed E-state index contributed by atoms with van der Waals surface area (Å²) in [5.41, 5.74) is 11.2. The molecule has 0 spiro atoms. The van der Waals surface area contributed by atoms with E-state index in [1.54, 1.807) is 6.20 Å². The van der Waals surface area contributed by atoms with E-state index < -0.39 is 0 Å². The van der Waals surface area contributed by atoms with Crippen LogP contribution in [0.2, 0.25) is 0 Å². The first-order chi connectivity index (χ1) is 14.7. The Morgan fingerprint density at radius 3 is 2.60 bits per heavy atom. The van der Waals surface area contributed by atoms with Gasteiger partial charge in [-0.25, -0.2) is 0 Å². The van der Waals surface area contributed by atoms with Gasteiger partial charge in [-0.3, -0.25) is 15.8 Å². The smallest absolute Gasteiger partial charge is 0.130 e. The van der Waals surface area contributed by atoms with Crippen LogP contribution in [0.5, 0.6) is 5.75 Å². The zero-order chi connectivity index (χ0) is 20.8. The Kier molecular flexibility index (Phi) is 6.42. The van der Waals surface area contributed by atoms with Crippen molar-refractivity contribution in [3.8, 4) is 5.75 Å². The predicted octanol–water partition coefficient (Wildman–Crippen LogP) is 4.27. The SMILES string of the molecule is Cc1cc(OCc2ccccn2)ccc1/C=C/C1CC(/C=C/c2cccn2C)NN1. The number of hydrogen-bond acceptors (Lipinski definition) is 4. The molecular weight excluding hydrogens is 372 g/mol. The summed E-state index contributed by atoms with van der Waals surface area (Å²) >= 11 is 0. The van der Waals surface area contributed by atoms with Crippen molar-refractivity contribution in [2.75, 3.05) is 0 Å². The molecule has 1 aliphatic rings. The molecule has 1 fully saturated rings. The fourth-order valence-electron chi connectivity index (χ4n) is 3.51. The van der Waals surface area contributed by atoms with Crippen molar-refractivity contribution >= 4 is 12.2 Å². The molecule has 0 radical (unpaired) electrons. The van der Waals surface area contributed by atoms with Crippen LogP contribution in [0.4, 0.5) is 0 Å². The van der Waals surface area contributed by atoms with Crippen LogP contribution >= 0.6 is 0 Å². The summed E-state index contributed by atoms with van der Waals surface area (Å²) in [6, 6.07) is 16.8. The van der Waals surface area contributed by atoms with E-state index >= 15 is 0 Å². The molecule has 0 saturated carbocycles. The van der Waals surface area contributed by atoms with E-state index in [0.717, 1.165) is 17.9 Å². The van der Waals surface area contributed by atoms with Gasteiger partial charge in [0.2, 0.25) is 0 Å². The molecule has 1 aliphatic heterocycles. The van der Waals surface area contributed by atoms with Gasteiger partial charge in [0, 0.05) is 37.2 Å². The summed E-state index contributed by atoms with van der Waals surface area (Å²) in [5.74, 6) is 0.863. The van der Waals surface area contributed by atoms with Crippen LogP contribution in [0, 0.1) is 6.92 Å². The van der Waals surface area contributed by atoms with Gasteiger partial charge in [-0.2, -0.15) is 0 Å². The van der Waals surface area contributed by atoms with E-state index in [9.17, 15) is 0 Å². The van der Waals surface area contributed by atoms with Crippen LogP contribution < -0.4 is 15.6 Å². The van der Waals surface area contributed by atoms with Crippen molar-refractivity contribution in [1.82, 2.24) is 20.4 Å². The number of hydrogen-bond donors (Lipinski definition) is 2. The van der Waals surface area contributed by atoms with Crippen molar-refractivity contribution in [2.24, 2.45) is 7.05 Å². The Balaban J connectivity index is 1.30. The Hall–Kier alpha value is -3.15. The van der Waals surface area contributed by atoms with Crippen LogP contribution in [0.1, 0.15) is 28.9 Å². The highest BCUT2D eigenvalue weighted by molar-refractivity contribution is 5.56. The van der Waals surface area contributed by atoms with E-state index in [1.165, 1.54) is 16.8 Å². The molecular formula is C25H28N4O. The van der Waals surface area contributed by atoms with Gasteiger partial charge in [-0.05, 0) is 66.9 Å². The lowest BCUT2D eigenvalue weighted by molar-refractivity contribution is 0.301. The Labute approximate surface area is 178 Å². The molecule has 0 amide bonds. The fourth-order valence-corrected chi connectivity index (χ4v) is 3.51. The highest BCUT2D eigenvalue weighted by Crippen LogP contribution is 2.20. The molecule has 154 valence electrons. The lowest BCUT2D eigenvalue weighted by Crippen LogP contribution is -2.31. The third kappa shape index (κ3) is 5.26. The van der Waals surface area contributed by atoms with E-state index in [-0.39, 0.29) is 0 Å². The van der Waals surface area contributed by atoms with Gasteiger partial charge >= 0.3 is 0 Å². The second-order valence-electron chi connectivity index (χ2n) is 7.63.